The molecule has 0 fully saturated rings. The first-order valence-electron chi connectivity index (χ1n) is 10.4. The molecule has 32 heavy (non-hydrogen) atoms. The molecule has 1 aliphatic rings. The molecule has 7 nitrogen and oxygen atoms in total. The molecule has 0 unspecified atom stereocenters. The normalized spacial score (nSPS) is 14.7. The first-order chi connectivity index (χ1) is 15.3. The number of nitrogens with one attached hydrogen (secondary N) is 2. The molecule has 0 saturated carbocycles. The van der Waals surface area contributed by atoms with E-state index in [4.69, 9.17) is 9.47 Å². The van der Waals surface area contributed by atoms with Crippen LogP contribution in [0.1, 0.15) is 25.0 Å². The number of hydrogen-bond donors (Lipinski definition) is 2. The van der Waals surface area contributed by atoms with Gasteiger partial charge >= 0.3 is 0 Å². The maximum Gasteiger partial charge on any atom is 0.255 e. The Morgan fingerprint density at radius 3 is 2.72 bits per heavy atom. The summed E-state index contributed by atoms with van der Waals surface area (Å²) in [4.78, 5) is 29.3. The Kier molecular flexibility index (Phi) is 5.54. The van der Waals surface area contributed by atoms with Crippen LogP contribution in [0.3, 0.4) is 0 Å². The van der Waals surface area contributed by atoms with Crippen LogP contribution in [0.4, 0.5) is 10.1 Å². The highest BCUT2D eigenvalue weighted by Crippen LogP contribution is 2.43. The maximum absolute atomic E-state index is 14.5. The Hall–Kier alpha value is -3.55. The van der Waals surface area contributed by atoms with Crippen LogP contribution >= 0.6 is 0 Å². The molecule has 0 aliphatic carbocycles. The number of aromatic nitrogens is 1. The summed E-state index contributed by atoms with van der Waals surface area (Å²) in [5.74, 6) is 0.631. The minimum atomic E-state index is -0.626. The van der Waals surface area contributed by atoms with Gasteiger partial charge in [0.25, 0.3) is 5.56 Å². The minimum Gasteiger partial charge on any atom is -0.497 e. The predicted octanol–water partition coefficient (Wildman–Crippen LogP) is 3.42. The zero-order chi connectivity index (χ0) is 23.0. The van der Waals surface area contributed by atoms with Crippen LogP contribution in [-0.2, 0) is 16.8 Å². The molecule has 3 aromatic rings. The fraction of sp³-hybridized carbons (Fsp3) is 0.333. The monoisotopic (exact) mass is 439 g/mol. The first kappa shape index (κ1) is 21.7. The molecule has 0 saturated heterocycles. The lowest BCUT2D eigenvalue weighted by atomic mass is 9.82. The zero-order valence-electron chi connectivity index (χ0n) is 18.5. The van der Waals surface area contributed by atoms with Crippen molar-refractivity contribution < 1.29 is 18.7 Å². The summed E-state index contributed by atoms with van der Waals surface area (Å²) < 4.78 is 25.5. The van der Waals surface area contributed by atoms with Crippen LogP contribution in [-0.4, -0.2) is 43.1 Å². The standard InChI is InChI=1S/C24H26FN3O4/c1-24(2)22-15(9-16(31-3)11-20(22)32-4)6-8-28(24)21(29)13-27-19-10-14-5-7-26-23(30)17(14)12-18(19)25/h5,7,9-12,27H,6,8,13H2,1-4H3,(H,26,30). The van der Waals surface area contributed by atoms with Crippen LogP contribution in [0, 0.1) is 5.82 Å². The fourth-order valence-electron chi connectivity index (χ4n) is 4.51. The van der Waals surface area contributed by atoms with Gasteiger partial charge in [0.15, 0.2) is 0 Å². The van der Waals surface area contributed by atoms with E-state index in [-0.39, 0.29) is 29.1 Å². The molecule has 2 heterocycles. The van der Waals surface area contributed by atoms with E-state index in [1.807, 2.05) is 26.0 Å². The molecule has 2 aromatic carbocycles. The molecule has 0 radical (unpaired) electrons. The molecule has 1 amide bonds. The average Bonchev–Trinajstić information content (AvgIpc) is 2.77. The number of aromatic amines is 1. The molecule has 0 bridgehead atoms. The van der Waals surface area contributed by atoms with Gasteiger partial charge in [0.2, 0.25) is 5.91 Å². The second-order valence-corrected chi connectivity index (χ2v) is 8.30. The van der Waals surface area contributed by atoms with Gasteiger partial charge in [-0.05, 0) is 55.5 Å². The van der Waals surface area contributed by atoms with Crippen molar-refractivity contribution in [2.75, 3.05) is 32.6 Å². The van der Waals surface area contributed by atoms with E-state index in [9.17, 15) is 14.0 Å². The summed E-state index contributed by atoms with van der Waals surface area (Å²) in [6.07, 6.45) is 2.17. The van der Waals surface area contributed by atoms with Gasteiger partial charge in [0.05, 0.1) is 37.4 Å². The molecular weight excluding hydrogens is 413 g/mol. The smallest absolute Gasteiger partial charge is 0.255 e. The number of H-pyrrole nitrogens is 1. The van der Waals surface area contributed by atoms with Gasteiger partial charge in [-0.1, -0.05) is 0 Å². The Labute approximate surface area is 185 Å². The molecule has 4 rings (SSSR count). The van der Waals surface area contributed by atoms with Gasteiger partial charge in [-0.2, -0.15) is 0 Å². The lowest BCUT2D eigenvalue weighted by Gasteiger charge is -2.44. The minimum absolute atomic E-state index is 0.0805. The van der Waals surface area contributed by atoms with E-state index in [0.717, 1.165) is 11.1 Å². The number of nitrogens with zero attached hydrogens (tertiary/aromatic N) is 1. The Morgan fingerprint density at radius 2 is 2.00 bits per heavy atom. The van der Waals surface area contributed by atoms with Crippen LogP contribution in [0.15, 0.2) is 41.3 Å². The lowest BCUT2D eigenvalue weighted by molar-refractivity contribution is -0.135. The summed E-state index contributed by atoms with van der Waals surface area (Å²) in [5, 5.41) is 3.76. The van der Waals surface area contributed by atoms with Gasteiger partial charge in [0, 0.05) is 24.4 Å². The van der Waals surface area contributed by atoms with Crippen LogP contribution in [0.5, 0.6) is 11.5 Å². The highest BCUT2D eigenvalue weighted by molar-refractivity contribution is 5.87. The van der Waals surface area contributed by atoms with Crippen molar-refractivity contribution in [1.29, 1.82) is 0 Å². The topological polar surface area (TPSA) is 83.7 Å². The number of benzene rings is 2. The fourth-order valence-corrected chi connectivity index (χ4v) is 4.51. The van der Waals surface area contributed by atoms with E-state index in [0.29, 0.717) is 29.9 Å². The summed E-state index contributed by atoms with van der Waals surface area (Å²) in [7, 11) is 3.21. The number of carbonyl (C=O) groups excluding carboxylic acids is 1. The highest BCUT2D eigenvalue weighted by Gasteiger charge is 2.40. The van der Waals surface area contributed by atoms with Crippen molar-refractivity contribution >= 4 is 22.4 Å². The zero-order valence-corrected chi connectivity index (χ0v) is 18.5. The van der Waals surface area contributed by atoms with Gasteiger partial charge in [0.1, 0.15) is 17.3 Å². The van der Waals surface area contributed by atoms with Gasteiger partial charge in [-0.15, -0.1) is 0 Å². The third-order valence-electron chi connectivity index (χ3n) is 6.10. The molecule has 1 aromatic heterocycles. The summed E-state index contributed by atoms with van der Waals surface area (Å²) in [6.45, 7) is 4.39. The van der Waals surface area contributed by atoms with E-state index in [1.165, 1.54) is 12.3 Å². The van der Waals surface area contributed by atoms with E-state index < -0.39 is 11.4 Å². The third-order valence-corrected chi connectivity index (χ3v) is 6.10. The van der Waals surface area contributed by atoms with E-state index >= 15 is 0 Å². The molecule has 2 N–H and O–H groups in total. The summed E-state index contributed by atoms with van der Waals surface area (Å²) in [6, 6.07) is 8.21. The molecule has 168 valence electrons. The quantitative estimate of drug-likeness (QED) is 0.637. The largest absolute Gasteiger partial charge is 0.497 e. The second kappa shape index (κ2) is 8.18. The van der Waals surface area contributed by atoms with E-state index in [1.54, 1.807) is 31.3 Å². The Balaban J connectivity index is 1.58. The number of anilines is 1. The van der Waals surface area contributed by atoms with Crippen LogP contribution in [0.2, 0.25) is 0 Å². The average molecular weight is 439 g/mol. The Bertz CT molecular complexity index is 1230. The highest BCUT2D eigenvalue weighted by atomic mass is 19.1. The number of carbonyl (C=O) groups is 1. The summed E-state index contributed by atoms with van der Waals surface area (Å²) >= 11 is 0. The van der Waals surface area contributed by atoms with Crippen molar-refractivity contribution in [3.05, 3.63) is 63.8 Å². The molecule has 0 atom stereocenters. The van der Waals surface area contributed by atoms with Crippen molar-refractivity contribution in [2.24, 2.45) is 0 Å². The van der Waals surface area contributed by atoms with Crippen LogP contribution < -0.4 is 20.3 Å². The number of fused-ring (bicyclic) bond motifs is 2. The van der Waals surface area contributed by atoms with Gasteiger partial charge in [-0.3, -0.25) is 9.59 Å². The number of rotatable bonds is 5. The lowest BCUT2D eigenvalue weighted by Crippen LogP contribution is -2.51. The number of methoxy groups -OCH3 is 2. The Morgan fingerprint density at radius 1 is 1.22 bits per heavy atom. The van der Waals surface area contributed by atoms with Crippen molar-refractivity contribution in [3.63, 3.8) is 0 Å². The molecule has 8 heteroatoms. The number of amides is 1. The summed E-state index contributed by atoms with van der Waals surface area (Å²) in [5.41, 5.74) is 1.21. The number of pyridine rings is 1. The third kappa shape index (κ3) is 3.66. The van der Waals surface area contributed by atoms with Crippen molar-refractivity contribution in [1.82, 2.24) is 9.88 Å². The number of hydrogen-bond acceptors (Lipinski definition) is 5. The van der Waals surface area contributed by atoms with Crippen LogP contribution in [0.25, 0.3) is 10.8 Å². The second-order valence-electron chi connectivity index (χ2n) is 8.30. The first-order valence-corrected chi connectivity index (χ1v) is 10.4. The molecular formula is C24H26FN3O4. The van der Waals surface area contributed by atoms with Crippen molar-refractivity contribution in [3.8, 4) is 11.5 Å². The molecule has 1 aliphatic heterocycles. The number of ether oxygens (including phenoxy) is 2. The van der Waals surface area contributed by atoms with Gasteiger partial charge in [-0.25, -0.2) is 4.39 Å². The number of halogens is 1. The van der Waals surface area contributed by atoms with Gasteiger partial charge < -0.3 is 24.7 Å². The van der Waals surface area contributed by atoms with E-state index in [2.05, 4.69) is 10.3 Å². The predicted molar refractivity (Wildman–Crippen MR) is 121 cm³/mol. The SMILES string of the molecule is COc1cc2c(c(OC)c1)C(C)(C)N(C(=O)CNc1cc3cc[nH]c(=O)c3cc1F)CC2. The van der Waals surface area contributed by atoms with Crippen molar-refractivity contribution in [2.45, 2.75) is 25.8 Å². The molecule has 0 spiro atoms. The maximum atomic E-state index is 14.5.